The van der Waals surface area contributed by atoms with E-state index in [4.69, 9.17) is 9.47 Å². The zero-order valence-electron chi connectivity index (χ0n) is 11.7. The molecule has 1 saturated heterocycles. The fourth-order valence-corrected chi connectivity index (χ4v) is 3.19. The highest BCUT2D eigenvalue weighted by Crippen LogP contribution is 2.33. The van der Waals surface area contributed by atoms with Crippen molar-refractivity contribution >= 4 is 0 Å². The number of methoxy groups -OCH3 is 1. The van der Waals surface area contributed by atoms with Crippen molar-refractivity contribution < 1.29 is 9.47 Å². The normalized spacial score (nSPS) is 22.8. The van der Waals surface area contributed by atoms with Crippen LogP contribution in [0.4, 0.5) is 0 Å². The van der Waals surface area contributed by atoms with Gasteiger partial charge in [-0.1, -0.05) is 31.4 Å². The van der Waals surface area contributed by atoms with Gasteiger partial charge in [0.25, 0.3) is 0 Å². The first-order valence-corrected chi connectivity index (χ1v) is 7.32. The van der Waals surface area contributed by atoms with Crippen LogP contribution < -0.4 is 10.1 Å². The highest BCUT2D eigenvalue weighted by Gasteiger charge is 2.41. The van der Waals surface area contributed by atoms with E-state index in [0.717, 1.165) is 19.0 Å². The minimum absolute atomic E-state index is 0.0360. The van der Waals surface area contributed by atoms with Crippen LogP contribution in [0.2, 0.25) is 0 Å². The predicted octanol–water partition coefficient (Wildman–Crippen LogP) is 2.84. The summed E-state index contributed by atoms with van der Waals surface area (Å²) in [7, 11) is 1.71. The van der Waals surface area contributed by atoms with Gasteiger partial charge in [-0.3, -0.25) is 0 Å². The van der Waals surface area contributed by atoms with Gasteiger partial charge in [-0.05, 0) is 30.5 Å². The molecule has 3 nitrogen and oxygen atoms in total. The molecule has 2 aliphatic rings. The van der Waals surface area contributed by atoms with Crippen molar-refractivity contribution in [2.45, 2.75) is 43.7 Å². The molecule has 0 spiro atoms. The molecule has 1 aromatic rings. The zero-order valence-corrected chi connectivity index (χ0v) is 11.7. The third kappa shape index (κ3) is 2.63. The summed E-state index contributed by atoms with van der Waals surface area (Å²) in [6, 6.07) is 9.06. The second-order valence-electron chi connectivity index (χ2n) is 5.78. The highest BCUT2D eigenvalue weighted by molar-refractivity contribution is 5.33. The highest BCUT2D eigenvalue weighted by atomic mass is 16.5. The zero-order chi connectivity index (χ0) is 13.1. The van der Waals surface area contributed by atoms with Crippen LogP contribution in [-0.4, -0.2) is 26.4 Å². The lowest BCUT2D eigenvalue weighted by atomic mass is 9.84. The van der Waals surface area contributed by atoms with Crippen molar-refractivity contribution in [3.8, 4) is 5.75 Å². The summed E-state index contributed by atoms with van der Waals surface area (Å²) in [5.41, 5.74) is 1.36. The Balaban J connectivity index is 1.73. The minimum atomic E-state index is 0.0360. The molecular formula is C16H23NO2. The molecule has 3 rings (SSSR count). The Kier molecular flexibility index (Phi) is 3.76. The fourth-order valence-electron chi connectivity index (χ4n) is 3.19. The first-order chi connectivity index (χ1) is 9.32. The van der Waals surface area contributed by atoms with E-state index >= 15 is 0 Å². The topological polar surface area (TPSA) is 30.5 Å². The van der Waals surface area contributed by atoms with Crippen molar-refractivity contribution in [3.05, 3.63) is 29.8 Å². The molecule has 1 aliphatic heterocycles. The molecule has 0 bridgehead atoms. The maximum absolute atomic E-state index is 5.50. The molecule has 1 aliphatic carbocycles. The summed E-state index contributed by atoms with van der Waals surface area (Å²) in [6.45, 7) is 1.58. The van der Waals surface area contributed by atoms with Crippen LogP contribution in [0.3, 0.4) is 0 Å². The number of hydrogen-bond donors (Lipinski definition) is 1. The Labute approximate surface area is 115 Å². The van der Waals surface area contributed by atoms with Crippen LogP contribution in [0.25, 0.3) is 0 Å². The van der Waals surface area contributed by atoms with Crippen molar-refractivity contribution in [1.82, 2.24) is 5.32 Å². The Morgan fingerprint density at radius 2 is 1.79 bits per heavy atom. The van der Waals surface area contributed by atoms with Gasteiger partial charge in [0.15, 0.2) is 0 Å². The maximum Gasteiger partial charge on any atom is 0.118 e. The van der Waals surface area contributed by atoms with Crippen molar-refractivity contribution in [2.24, 2.45) is 0 Å². The molecule has 0 unspecified atom stereocenters. The van der Waals surface area contributed by atoms with Gasteiger partial charge < -0.3 is 14.8 Å². The number of nitrogens with one attached hydrogen (secondary N) is 1. The van der Waals surface area contributed by atoms with Gasteiger partial charge in [-0.25, -0.2) is 0 Å². The van der Waals surface area contributed by atoms with Crippen molar-refractivity contribution in [1.29, 1.82) is 0 Å². The van der Waals surface area contributed by atoms with E-state index in [9.17, 15) is 0 Å². The summed E-state index contributed by atoms with van der Waals surface area (Å²) in [5.74, 6) is 0.914. The Morgan fingerprint density at radius 1 is 1.11 bits per heavy atom. The molecule has 3 heteroatoms. The Morgan fingerprint density at radius 3 is 2.32 bits per heavy atom. The first-order valence-electron chi connectivity index (χ1n) is 7.32. The molecule has 0 aromatic heterocycles. The summed E-state index contributed by atoms with van der Waals surface area (Å²) in [4.78, 5) is 0. The van der Waals surface area contributed by atoms with Crippen LogP contribution in [-0.2, 0) is 10.3 Å². The van der Waals surface area contributed by atoms with Gasteiger partial charge in [0.2, 0.25) is 0 Å². The monoisotopic (exact) mass is 261 g/mol. The van der Waals surface area contributed by atoms with Crippen LogP contribution in [0.15, 0.2) is 24.3 Å². The van der Waals surface area contributed by atoms with Gasteiger partial charge in [-0.15, -0.1) is 0 Å². The summed E-state index contributed by atoms with van der Waals surface area (Å²) >= 11 is 0. The lowest BCUT2D eigenvalue weighted by molar-refractivity contribution is -0.0857. The number of rotatable bonds is 4. The van der Waals surface area contributed by atoms with Crippen molar-refractivity contribution in [3.63, 3.8) is 0 Å². The molecule has 0 radical (unpaired) electrons. The largest absolute Gasteiger partial charge is 0.497 e. The lowest BCUT2D eigenvalue weighted by Crippen LogP contribution is -2.60. The molecule has 1 aromatic carbocycles. The molecule has 1 N–H and O–H groups in total. The predicted molar refractivity (Wildman–Crippen MR) is 75.5 cm³/mol. The van der Waals surface area contributed by atoms with Crippen LogP contribution in [0.1, 0.15) is 37.7 Å². The quantitative estimate of drug-likeness (QED) is 0.904. The number of benzene rings is 1. The minimum Gasteiger partial charge on any atom is -0.497 e. The third-order valence-corrected chi connectivity index (χ3v) is 4.43. The average Bonchev–Trinajstić information content (AvgIpc) is 2.44. The van der Waals surface area contributed by atoms with E-state index < -0.39 is 0 Å². The fraction of sp³-hybridized carbons (Fsp3) is 0.625. The molecular weight excluding hydrogens is 238 g/mol. The van der Waals surface area contributed by atoms with Gasteiger partial charge in [0, 0.05) is 6.04 Å². The standard InChI is InChI=1S/C16H23NO2/c1-18-15-9-7-13(8-10-15)16(11-19-12-16)17-14-5-3-2-4-6-14/h7-10,14,17H,2-6,11-12H2,1H3. The van der Waals surface area contributed by atoms with E-state index in [-0.39, 0.29) is 5.54 Å². The van der Waals surface area contributed by atoms with E-state index in [1.54, 1.807) is 7.11 Å². The molecule has 19 heavy (non-hydrogen) atoms. The summed E-state index contributed by atoms with van der Waals surface area (Å²) in [5, 5.41) is 3.86. The Bertz CT molecular complexity index is 405. The van der Waals surface area contributed by atoms with E-state index in [0.29, 0.717) is 6.04 Å². The lowest BCUT2D eigenvalue weighted by Gasteiger charge is -2.46. The van der Waals surface area contributed by atoms with E-state index in [1.165, 1.54) is 37.7 Å². The second-order valence-corrected chi connectivity index (χ2v) is 5.78. The third-order valence-electron chi connectivity index (χ3n) is 4.43. The first kappa shape index (κ1) is 12.9. The van der Waals surface area contributed by atoms with Gasteiger partial charge in [0.05, 0.1) is 25.9 Å². The molecule has 1 saturated carbocycles. The summed E-state index contributed by atoms with van der Waals surface area (Å²) in [6.07, 6.45) is 6.72. The second kappa shape index (κ2) is 5.51. The van der Waals surface area contributed by atoms with Gasteiger partial charge in [-0.2, -0.15) is 0 Å². The van der Waals surface area contributed by atoms with Gasteiger partial charge in [0.1, 0.15) is 5.75 Å². The summed E-state index contributed by atoms with van der Waals surface area (Å²) < 4.78 is 10.7. The number of hydrogen-bond acceptors (Lipinski definition) is 3. The van der Waals surface area contributed by atoms with Gasteiger partial charge >= 0.3 is 0 Å². The van der Waals surface area contributed by atoms with E-state index in [2.05, 4.69) is 17.4 Å². The Hall–Kier alpha value is -1.06. The molecule has 2 fully saturated rings. The maximum atomic E-state index is 5.50. The van der Waals surface area contributed by atoms with Crippen molar-refractivity contribution in [2.75, 3.05) is 20.3 Å². The molecule has 0 atom stereocenters. The molecule has 0 amide bonds. The van der Waals surface area contributed by atoms with E-state index in [1.807, 2.05) is 12.1 Å². The number of ether oxygens (including phenoxy) is 2. The average molecular weight is 261 g/mol. The molecule has 1 heterocycles. The van der Waals surface area contributed by atoms with Crippen LogP contribution >= 0.6 is 0 Å². The smallest absolute Gasteiger partial charge is 0.118 e. The van der Waals surface area contributed by atoms with Crippen LogP contribution in [0, 0.1) is 0 Å². The van der Waals surface area contributed by atoms with Crippen LogP contribution in [0.5, 0.6) is 5.75 Å². The SMILES string of the molecule is COc1ccc(C2(NC3CCCCC3)COC2)cc1. The molecule has 104 valence electrons.